The second-order valence-electron chi connectivity index (χ2n) is 6.50. The summed E-state index contributed by atoms with van der Waals surface area (Å²) in [6.07, 6.45) is 5.05. The highest BCUT2D eigenvalue weighted by Gasteiger charge is 2.28. The molecule has 1 N–H and O–H groups in total. The molecule has 2 atom stereocenters. The van der Waals surface area contributed by atoms with Crippen LogP contribution in [0.5, 0.6) is 0 Å². The van der Waals surface area contributed by atoms with Gasteiger partial charge in [0.05, 0.1) is 0 Å². The number of carbonyl (C=O) groups is 1. The van der Waals surface area contributed by atoms with E-state index in [2.05, 4.69) is 16.7 Å². The highest BCUT2D eigenvalue weighted by atomic mass is 16.4. The summed E-state index contributed by atoms with van der Waals surface area (Å²) in [5, 5.41) is 9.12. The number of aliphatic carboxylic acids is 1. The molecule has 0 spiro atoms. The van der Waals surface area contributed by atoms with Gasteiger partial charge in [0.25, 0.3) is 0 Å². The molecule has 2 rings (SSSR count). The summed E-state index contributed by atoms with van der Waals surface area (Å²) in [4.78, 5) is 15.8. The predicted octanol–water partition coefficient (Wildman–Crippen LogP) is 1.90. The predicted molar refractivity (Wildman–Crippen MR) is 76.2 cm³/mol. The number of piperidine rings is 2. The van der Waals surface area contributed by atoms with E-state index >= 15 is 0 Å². The minimum atomic E-state index is -0.688. The third-order valence-electron chi connectivity index (χ3n) is 4.85. The lowest BCUT2D eigenvalue weighted by molar-refractivity contribution is -0.143. The summed E-state index contributed by atoms with van der Waals surface area (Å²) in [7, 11) is 0. The van der Waals surface area contributed by atoms with Crippen molar-refractivity contribution in [1.29, 1.82) is 0 Å². The van der Waals surface area contributed by atoms with Crippen LogP contribution in [0, 0.1) is 11.8 Å². The Kier molecular flexibility index (Phi) is 5.22. The van der Waals surface area contributed by atoms with Gasteiger partial charge < -0.3 is 10.0 Å². The zero-order valence-electron chi connectivity index (χ0n) is 12.3. The molecule has 2 fully saturated rings. The molecule has 0 aromatic rings. The fraction of sp³-hybridized carbons (Fsp3) is 0.933. The zero-order valence-corrected chi connectivity index (χ0v) is 12.3. The summed E-state index contributed by atoms with van der Waals surface area (Å²) in [5.74, 6) is 0.850. The minimum absolute atomic E-state index is 0.329. The standard InChI is InChI=1S/C15H28N2O2/c1-12-5-8-16(9-6-12)10-14-4-3-7-17(11-14)13(2)15(18)19/h12-14H,3-11H2,1-2H3,(H,18,19)/t13-,14-/m0/s1. The van der Waals surface area contributed by atoms with Crippen molar-refractivity contribution in [2.75, 3.05) is 32.7 Å². The molecule has 19 heavy (non-hydrogen) atoms. The van der Waals surface area contributed by atoms with Gasteiger partial charge in [0.1, 0.15) is 6.04 Å². The third-order valence-corrected chi connectivity index (χ3v) is 4.85. The molecule has 0 radical (unpaired) electrons. The number of hydrogen-bond donors (Lipinski definition) is 1. The Morgan fingerprint density at radius 2 is 1.95 bits per heavy atom. The van der Waals surface area contributed by atoms with Gasteiger partial charge in [-0.3, -0.25) is 9.69 Å². The normalized spacial score (nSPS) is 29.3. The summed E-state index contributed by atoms with van der Waals surface area (Å²) < 4.78 is 0. The Hall–Kier alpha value is -0.610. The van der Waals surface area contributed by atoms with Crippen molar-refractivity contribution in [1.82, 2.24) is 9.80 Å². The average molecular weight is 268 g/mol. The van der Waals surface area contributed by atoms with E-state index in [1.165, 1.54) is 32.4 Å². The maximum atomic E-state index is 11.1. The SMILES string of the molecule is CC1CCN(C[C@@H]2CCCN([C@@H](C)C(=O)O)C2)CC1. The smallest absolute Gasteiger partial charge is 0.320 e. The molecular formula is C15H28N2O2. The van der Waals surface area contributed by atoms with Crippen molar-refractivity contribution in [2.24, 2.45) is 11.8 Å². The van der Waals surface area contributed by atoms with Gasteiger partial charge in [-0.05, 0) is 64.1 Å². The van der Waals surface area contributed by atoms with Gasteiger partial charge in [-0.15, -0.1) is 0 Å². The lowest BCUT2D eigenvalue weighted by Crippen LogP contribution is -2.48. The average Bonchev–Trinajstić information content (AvgIpc) is 2.41. The van der Waals surface area contributed by atoms with Crippen LogP contribution in [-0.4, -0.2) is 59.6 Å². The summed E-state index contributed by atoms with van der Waals surface area (Å²) >= 11 is 0. The first kappa shape index (κ1) is 14.8. The number of nitrogens with zero attached hydrogens (tertiary/aromatic N) is 2. The van der Waals surface area contributed by atoms with Crippen molar-refractivity contribution in [2.45, 2.75) is 45.6 Å². The lowest BCUT2D eigenvalue weighted by atomic mass is 9.93. The molecule has 2 heterocycles. The van der Waals surface area contributed by atoms with Crippen LogP contribution in [0.2, 0.25) is 0 Å². The molecule has 0 bridgehead atoms. The number of rotatable bonds is 4. The lowest BCUT2D eigenvalue weighted by Gasteiger charge is -2.39. The van der Waals surface area contributed by atoms with Crippen LogP contribution in [0.3, 0.4) is 0 Å². The summed E-state index contributed by atoms with van der Waals surface area (Å²) in [6, 6.07) is -0.329. The maximum Gasteiger partial charge on any atom is 0.320 e. The first-order chi connectivity index (χ1) is 9.06. The van der Waals surface area contributed by atoms with Gasteiger partial charge in [-0.25, -0.2) is 0 Å². The Labute approximate surface area is 116 Å². The maximum absolute atomic E-state index is 11.1. The van der Waals surface area contributed by atoms with Gasteiger partial charge in [0.15, 0.2) is 0 Å². The third kappa shape index (κ3) is 4.18. The van der Waals surface area contributed by atoms with E-state index in [1.807, 2.05) is 6.92 Å². The van der Waals surface area contributed by atoms with Gasteiger partial charge >= 0.3 is 5.97 Å². The highest BCUT2D eigenvalue weighted by molar-refractivity contribution is 5.72. The van der Waals surface area contributed by atoms with Crippen LogP contribution in [0.1, 0.15) is 39.5 Å². The topological polar surface area (TPSA) is 43.8 Å². The molecule has 0 saturated carbocycles. The molecular weight excluding hydrogens is 240 g/mol. The van der Waals surface area contributed by atoms with Gasteiger partial charge in [-0.1, -0.05) is 6.92 Å². The second kappa shape index (κ2) is 6.71. The monoisotopic (exact) mass is 268 g/mol. The zero-order chi connectivity index (χ0) is 13.8. The van der Waals surface area contributed by atoms with Crippen molar-refractivity contribution in [3.63, 3.8) is 0 Å². The molecule has 4 nitrogen and oxygen atoms in total. The first-order valence-corrected chi connectivity index (χ1v) is 7.75. The van der Waals surface area contributed by atoms with Gasteiger partial charge in [-0.2, -0.15) is 0 Å². The highest BCUT2D eigenvalue weighted by Crippen LogP contribution is 2.22. The van der Waals surface area contributed by atoms with E-state index in [0.29, 0.717) is 5.92 Å². The van der Waals surface area contributed by atoms with Gasteiger partial charge in [0.2, 0.25) is 0 Å². The fourth-order valence-corrected chi connectivity index (χ4v) is 3.36. The molecule has 2 aliphatic rings. The Morgan fingerprint density at radius 1 is 1.26 bits per heavy atom. The Morgan fingerprint density at radius 3 is 2.58 bits per heavy atom. The van der Waals surface area contributed by atoms with Crippen molar-refractivity contribution in [3.8, 4) is 0 Å². The van der Waals surface area contributed by atoms with E-state index in [0.717, 1.165) is 32.0 Å². The fourth-order valence-electron chi connectivity index (χ4n) is 3.36. The first-order valence-electron chi connectivity index (χ1n) is 7.75. The van der Waals surface area contributed by atoms with Crippen LogP contribution < -0.4 is 0 Å². The Bertz CT molecular complexity index is 301. The largest absolute Gasteiger partial charge is 0.480 e. The Balaban J connectivity index is 1.79. The van der Waals surface area contributed by atoms with Crippen LogP contribution in [0.4, 0.5) is 0 Å². The van der Waals surface area contributed by atoms with Crippen LogP contribution in [0.25, 0.3) is 0 Å². The molecule has 0 aromatic heterocycles. The molecule has 4 heteroatoms. The van der Waals surface area contributed by atoms with Crippen LogP contribution in [0.15, 0.2) is 0 Å². The number of carboxylic acid groups (broad SMARTS) is 1. The van der Waals surface area contributed by atoms with E-state index in [-0.39, 0.29) is 6.04 Å². The molecule has 0 amide bonds. The second-order valence-corrected chi connectivity index (χ2v) is 6.50. The molecule has 110 valence electrons. The summed E-state index contributed by atoms with van der Waals surface area (Å²) in [5.41, 5.74) is 0. The van der Waals surface area contributed by atoms with Crippen LogP contribution >= 0.6 is 0 Å². The number of likely N-dealkylation sites (tertiary alicyclic amines) is 2. The molecule has 0 aromatic carbocycles. The molecule has 0 unspecified atom stereocenters. The van der Waals surface area contributed by atoms with E-state index in [9.17, 15) is 4.79 Å². The quantitative estimate of drug-likeness (QED) is 0.846. The van der Waals surface area contributed by atoms with E-state index in [1.54, 1.807) is 0 Å². The van der Waals surface area contributed by atoms with Gasteiger partial charge in [0, 0.05) is 13.1 Å². The summed E-state index contributed by atoms with van der Waals surface area (Å²) in [6.45, 7) is 9.68. The molecule has 0 aliphatic carbocycles. The van der Waals surface area contributed by atoms with E-state index in [4.69, 9.17) is 5.11 Å². The number of hydrogen-bond acceptors (Lipinski definition) is 3. The van der Waals surface area contributed by atoms with Crippen molar-refractivity contribution >= 4 is 5.97 Å². The molecule has 2 aliphatic heterocycles. The van der Waals surface area contributed by atoms with E-state index < -0.39 is 5.97 Å². The van der Waals surface area contributed by atoms with Crippen molar-refractivity contribution in [3.05, 3.63) is 0 Å². The van der Waals surface area contributed by atoms with Crippen molar-refractivity contribution < 1.29 is 9.90 Å². The number of carboxylic acids is 1. The minimum Gasteiger partial charge on any atom is -0.480 e. The van der Waals surface area contributed by atoms with Crippen LogP contribution in [-0.2, 0) is 4.79 Å². The molecule has 2 saturated heterocycles.